The van der Waals surface area contributed by atoms with Gasteiger partial charge in [0.05, 0.1) is 12.2 Å². The summed E-state index contributed by atoms with van der Waals surface area (Å²) >= 11 is 0. The molecule has 29 heavy (non-hydrogen) atoms. The van der Waals surface area contributed by atoms with Gasteiger partial charge in [-0.2, -0.15) is 0 Å². The summed E-state index contributed by atoms with van der Waals surface area (Å²) in [4.78, 5) is 8.34. The first kappa shape index (κ1) is 18.6. The lowest BCUT2D eigenvalue weighted by atomic mass is 10.2. The number of aryl methyl sites for hydroxylation is 1. The number of fused-ring (bicyclic) bond motifs is 1. The molecule has 148 valence electrons. The van der Waals surface area contributed by atoms with Crippen molar-refractivity contribution in [3.63, 3.8) is 0 Å². The van der Waals surface area contributed by atoms with Gasteiger partial charge < -0.3 is 15.2 Å². The van der Waals surface area contributed by atoms with Crippen molar-refractivity contribution in [3.8, 4) is 5.69 Å². The van der Waals surface area contributed by atoms with Crippen molar-refractivity contribution in [2.24, 2.45) is 4.99 Å². The standard InChI is InChI=1S/C20H21FN8/c1-14-23-8-10-28(14)17-7-6-15(11-16(17)21)12-24-20(22-2)25-13-19-27-26-18-5-3-4-9-29(18)19/h3-11H,12-13H2,1-2H3,(H2,22,24,25). The van der Waals surface area contributed by atoms with E-state index in [1.807, 2.05) is 41.8 Å². The van der Waals surface area contributed by atoms with Crippen LogP contribution in [0.5, 0.6) is 0 Å². The highest BCUT2D eigenvalue weighted by atomic mass is 19.1. The smallest absolute Gasteiger partial charge is 0.191 e. The van der Waals surface area contributed by atoms with Crippen molar-refractivity contribution < 1.29 is 4.39 Å². The monoisotopic (exact) mass is 392 g/mol. The molecule has 9 heteroatoms. The molecule has 0 unspecified atom stereocenters. The molecule has 8 nitrogen and oxygen atoms in total. The molecule has 3 heterocycles. The molecule has 0 fully saturated rings. The molecule has 0 bridgehead atoms. The van der Waals surface area contributed by atoms with E-state index in [2.05, 4.69) is 30.8 Å². The van der Waals surface area contributed by atoms with Crippen molar-refractivity contribution in [1.29, 1.82) is 0 Å². The number of rotatable bonds is 5. The molecule has 2 N–H and O–H groups in total. The fourth-order valence-corrected chi connectivity index (χ4v) is 3.07. The van der Waals surface area contributed by atoms with Crippen LogP contribution in [-0.2, 0) is 13.1 Å². The number of nitrogens with zero attached hydrogens (tertiary/aromatic N) is 6. The van der Waals surface area contributed by atoms with Crippen molar-refractivity contribution in [2.45, 2.75) is 20.0 Å². The fourth-order valence-electron chi connectivity index (χ4n) is 3.07. The average molecular weight is 392 g/mol. The summed E-state index contributed by atoms with van der Waals surface area (Å²) in [7, 11) is 1.68. The Morgan fingerprint density at radius 3 is 2.72 bits per heavy atom. The third kappa shape index (κ3) is 3.93. The lowest BCUT2D eigenvalue weighted by Crippen LogP contribution is -2.36. The van der Waals surface area contributed by atoms with Crippen LogP contribution in [0.1, 0.15) is 17.2 Å². The summed E-state index contributed by atoms with van der Waals surface area (Å²) in [5.41, 5.74) is 2.07. The number of guanidine groups is 1. The SMILES string of the molecule is CN=C(NCc1ccc(-n2ccnc2C)c(F)c1)NCc1nnc2ccccn12. The zero-order chi connectivity index (χ0) is 20.2. The minimum atomic E-state index is -0.303. The van der Waals surface area contributed by atoms with Crippen LogP contribution in [0.2, 0.25) is 0 Å². The van der Waals surface area contributed by atoms with Crippen LogP contribution in [-0.4, -0.2) is 37.2 Å². The van der Waals surface area contributed by atoms with Crippen LogP contribution in [0.25, 0.3) is 11.3 Å². The highest BCUT2D eigenvalue weighted by molar-refractivity contribution is 5.79. The van der Waals surface area contributed by atoms with Gasteiger partial charge in [-0.05, 0) is 36.8 Å². The topological polar surface area (TPSA) is 84.4 Å². The van der Waals surface area contributed by atoms with E-state index in [1.165, 1.54) is 6.07 Å². The molecular formula is C20H21FN8. The van der Waals surface area contributed by atoms with E-state index < -0.39 is 0 Å². The fraction of sp³-hybridized carbons (Fsp3) is 0.200. The number of imidazole rings is 1. The molecule has 3 aromatic heterocycles. The Balaban J connectivity index is 1.38. The molecule has 0 saturated heterocycles. The van der Waals surface area contributed by atoms with Gasteiger partial charge in [-0.15, -0.1) is 10.2 Å². The van der Waals surface area contributed by atoms with E-state index in [0.29, 0.717) is 24.7 Å². The first-order valence-electron chi connectivity index (χ1n) is 9.17. The van der Waals surface area contributed by atoms with E-state index in [9.17, 15) is 4.39 Å². The largest absolute Gasteiger partial charge is 0.352 e. The zero-order valence-corrected chi connectivity index (χ0v) is 16.2. The third-order valence-corrected chi connectivity index (χ3v) is 4.58. The zero-order valence-electron chi connectivity index (χ0n) is 16.2. The van der Waals surface area contributed by atoms with Crippen LogP contribution < -0.4 is 10.6 Å². The summed E-state index contributed by atoms with van der Waals surface area (Å²) in [6.07, 6.45) is 5.30. The van der Waals surface area contributed by atoms with Gasteiger partial charge in [0.25, 0.3) is 0 Å². The molecule has 1 aromatic carbocycles. The predicted octanol–water partition coefficient (Wildman–Crippen LogP) is 2.23. The Hall–Kier alpha value is -3.75. The van der Waals surface area contributed by atoms with Gasteiger partial charge in [-0.25, -0.2) is 9.37 Å². The highest BCUT2D eigenvalue weighted by Gasteiger charge is 2.09. The number of hydrogen-bond donors (Lipinski definition) is 2. The van der Waals surface area contributed by atoms with Gasteiger partial charge in [0.1, 0.15) is 11.6 Å². The predicted molar refractivity (Wildman–Crippen MR) is 108 cm³/mol. The van der Waals surface area contributed by atoms with Gasteiger partial charge in [-0.1, -0.05) is 12.1 Å². The van der Waals surface area contributed by atoms with E-state index in [4.69, 9.17) is 0 Å². The summed E-state index contributed by atoms with van der Waals surface area (Å²) in [5.74, 6) is 1.80. The molecular weight excluding hydrogens is 371 g/mol. The number of pyridine rings is 1. The van der Waals surface area contributed by atoms with Gasteiger partial charge in [-0.3, -0.25) is 9.39 Å². The Labute approximate surface area is 167 Å². The third-order valence-electron chi connectivity index (χ3n) is 4.58. The second kappa shape index (κ2) is 8.09. The normalized spacial score (nSPS) is 11.8. The van der Waals surface area contributed by atoms with Gasteiger partial charge in [0, 0.05) is 32.2 Å². The summed E-state index contributed by atoms with van der Waals surface area (Å²) < 4.78 is 18.2. The van der Waals surface area contributed by atoms with Crippen LogP contribution in [0.15, 0.2) is 60.0 Å². The van der Waals surface area contributed by atoms with Crippen LogP contribution in [0.3, 0.4) is 0 Å². The lowest BCUT2D eigenvalue weighted by molar-refractivity contribution is 0.613. The molecule has 0 aliphatic carbocycles. The summed E-state index contributed by atoms with van der Waals surface area (Å²) in [6.45, 7) is 2.72. The van der Waals surface area contributed by atoms with Crippen LogP contribution in [0.4, 0.5) is 4.39 Å². The summed E-state index contributed by atoms with van der Waals surface area (Å²) in [5, 5.41) is 14.7. The van der Waals surface area contributed by atoms with E-state index in [-0.39, 0.29) is 5.82 Å². The molecule has 0 saturated carbocycles. The maximum atomic E-state index is 14.5. The number of halogens is 1. The van der Waals surface area contributed by atoms with E-state index in [1.54, 1.807) is 30.1 Å². The van der Waals surface area contributed by atoms with Gasteiger partial charge in [0.15, 0.2) is 17.4 Å². The quantitative estimate of drug-likeness (QED) is 0.402. The first-order valence-corrected chi connectivity index (χ1v) is 9.17. The number of benzene rings is 1. The molecule has 0 aliphatic rings. The number of hydrogen-bond acceptors (Lipinski definition) is 4. The Bertz CT molecular complexity index is 1160. The molecule has 4 rings (SSSR count). The first-order chi connectivity index (χ1) is 14.2. The van der Waals surface area contributed by atoms with Crippen molar-refractivity contribution in [2.75, 3.05) is 7.05 Å². The Morgan fingerprint density at radius 1 is 1.10 bits per heavy atom. The Kier molecular flexibility index (Phi) is 5.19. The van der Waals surface area contributed by atoms with Crippen LogP contribution in [0, 0.1) is 12.7 Å². The molecule has 0 atom stereocenters. The highest BCUT2D eigenvalue weighted by Crippen LogP contribution is 2.16. The Morgan fingerprint density at radius 2 is 1.97 bits per heavy atom. The molecule has 4 aromatic rings. The number of nitrogens with one attached hydrogen (secondary N) is 2. The van der Waals surface area contributed by atoms with Crippen molar-refractivity contribution in [3.05, 3.63) is 78.0 Å². The maximum absolute atomic E-state index is 14.5. The van der Waals surface area contributed by atoms with Gasteiger partial charge >= 0.3 is 0 Å². The minimum Gasteiger partial charge on any atom is -0.352 e. The second-order valence-electron chi connectivity index (χ2n) is 6.45. The number of aliphatic imine (C=N–C) groups is 1. The van der Waals surface area contributed by atoms with Crippen molar-refractivity contribution >= 4 is 11.6 Å². The van der Waals surface area contributed by atoms with Crippen LogP contribution >= 0.6 is 0 Å². The molecule has 0 radical (unpaired) electrons. The van der Waals surface area contributed by atoms with E-state index in [0.717, 1.165) is 22.9 Å². The minimum absolute atomic E-state index is 0.303. The average Bonchev–Trinajstić information content (AvgIpc) is 3.34. The van der Waals surface area contributed by atoms with Crippen molar-refractivity contribution in [1.82, 2.24) is 34.8 Å². The molecule has 0 amide bonds. The molecule has 0 aliphatic heterocycles. The lowest BCUT2D eigenvalue weighted by Gasteiger charge is -2.12. The van der Waals surface area contributed by atoms with Gasteiger partial charge in [0.2, 0.25) is 0 Å². The summed E-state index contributed by atoms with van der Waals surface area (Å²) in [6, 6.07) is 10.9. The number of aromatic nitrogens is 5. The molecule has 0 spiro atoms. The van der Waals surface area contributed by atoms with E-state index >= 15 is 0 Å². The second-order valence-corrected chi connectivity index (χ2v) is 6.45. The maximum Gasteiger partial charge on any atom is 0.191 e.